The highest BCUT2D eigenvalue weighted by Gasteiger charge is 2.24. The maximum atomic E-state index is 12.6. The number of fused-ring (bicyclic) bond motifs is 1. The van der Waals surface area contributed by atoms with Crippen LogP contribution < -0.4 is 4.74 Å². The van der Waals surface area contributed by atoms with Gasteiger partial charge in [-0.1, -0.05) is 12.1 Å². The molecular formula is C20H28N4O2. The van der Waals surface area contributed by atoms with Gasteiger partial charge in [-0.15, -0.1) is 0 Å². The van der Waals surface area contributed by atoms with Crippen molar-refractivity contribution in [2.75, 3.05) is 33.8 Å². The Morgan fingerprint density at radius 1 is 1.31 bits per heavy atom. The number of carbonyl (C=O) groups is 1. The van der Waals surface area contributed by atoms with E-state index in [0.29, 0.717) is 12.6 Å². The van der Waals surface area contributed by atoms with Crippen LogP contribution in [0.15, 0.2) is 24.3 Å². The second kappa shape index (κ2) is 7.91. The molecule has 140 valence electrons. The molecule has 3 rings (SSSR count). The molecule has 0 radical (unpaired) electrons. The quantitative estimate of drug-likeness (QED) is 0.893. The number of aromatic amines is 1. The van der Waals surface area contributed by atoms with Gasteiger partial charge in [0.1, 0.15) is 5.75 Å². The third kappa shape index (κ3) is 3.75. The fourth-order valence-corrected chi connectivity index (χ4v) is 3.29. The zero-order valence-corrected chi connectivity index (χ0v) is 16.1. The first-order valence-electron chi connectivity index (χ1n) is 9.18. The first kappa shape index (κ1) is 18.5. The van der Waals surface area contributed by atoms with Crippen molar-refractivity contribution >= 4 is 5.91 Å². The third-order valence-electron chi connectivity index (χ3n) is 5.20. The number of nitrogens with one attached hydrogen (secondary N) is 1. The minimum absolute atomic E-state index is 0.193. The SMILES string of the molecule is COc1ccccc1-c1n[nH]c2c1CCN(C(=O)CN(C)C(C)C)CC2. The normalized spacial score (nSPS) is 14.5. The monoisotopic (exact) mass is 356 g/mol. The standard InChI is InChI=1S/C20H28N4O2/c1-14(2)23(3)13-19(25)24-11-9-15-17(10-12-24)21-22-20(15)16-7-5-6-8-18(16)26-4/h5-8,14H,9-13H2,1-4H3,(H,21,22). The molecule has 0 saturated heterocycles. The van der Waals surface area contributed by atoms with E-state index >= 15 is 0 Å². The van der Waals surface area contributed by atoms with E-state index < -0.39 is 0 Å². The van der Waals surface area contributed by atoms with Crippen LogP contribution >= 0.6 is 0 Å². The number of methoxy groups -OCH3 is 1. The van der Waals surface area contributed by atoms with E-state index in [0.717, 1.165) is 48.6 Å². The molecule has 0 spiro atoms. The van der Waals surface area contributed by atoms with Crippen molar-refractivity contribution < 1.29 is 9.53 Å². The van der Waals surface area contributed by atoms with E-state index in [1.165, 1.54) is 5.56 Å². The smallest absolute Gasteiger partial charge is 0.236 e. The van der Waals surface area contributed by atoms with Crippen LogP contribution in [0.4, 0.5) is 0 Å². The fraction of sp³-hybridized carbons (Fsp3) is 0.500. The van der Waals surface area contributed by atoms with Crippen molar-refractivity contribution in [3.05, 3.63) is 35.5 Å². The highest BCUT2D eigenvalue weighted by molar-refractivity contribution is 5.78. The summed E-state index contributed by atoms with van der Waals surface area (Å²) in [6, 6.07) is 8.29. The molecule has 1 aromatic heterocycles. The van der Waals surface area contributed by atoms with Gasteiger partial charge in [0.05, 0.1) is 19.3 Å². The molecule has 1 N–H and O–H groups in total. The number of para-hydroxylation sites is 1. The first-order valence-corrected chi connectivity index (χ1v) is 9.18. The number of rotatable bonds is 5. The van der Waals surface area contributed by atoms with E-state index in [9.17, 15) is 4.79 Å². The fourth-order valence-electron chi connectivity index (χ4n) is 3.29. The predicted octanol–water partition coefficient (Wildman–Crippen LogP) is 2.35. The first-order chi connectivity index (χ1) is 12.5. The second-order valence-electron chi connectivity index (χ2n) is 7.12. The lowest BCUT2D eigenvalue weighted by Crippen LogP contribution is -2.42. The van der Waals surface area contributed by atoms with Gasteiger partial charge in [-0.25, -0.2) is 0 Å². The Bertz CT molecular complexity index is 769. The number of likely N-dealkylation sites (N-methyl/N-ethyl adjacent to an activating group) is 1. The van der Waals surface area contributed by atoms with Crippen molar-refractivity contribution in [2.24, 2.45) is 0 Å². The molecule has 1 aliphatic rings. The average molecular weight is 356 g/mol. The molecule has 1 aromatic carbocycles. The largest absolute Gasteiger partial charge is 0.496 e. The molecule has 0 fully saturated rings. The van der Waals surface area contributed by atoms with E-state index in [2.05, 4.69) is 28.9 Å². The van der Waals surface area contributed by atoms with Gasteiger partial charge < -0.3 is 9.64 Å². The van der Waals surface area contributed by atoms with Gasteiger partial charge in [-0.2, -0.15) is 5.10 Å². The Morgan fingerprint density at radius 2 is 2.04 bits per heavy atom. The molecular weight excluding hydrogens is 328 g/mol. The second-order valence-corrected chi connectivity index (χ2v) is 7.12. The number of hydrogen-bond acceptors (Lipinski definition) is 4. The molecule has 0 aliphatic carbocycles. The van der Waals surface area contributed by atoms with Gasteiger partial charge in [0.2, 0.25) is 5.91 Å². The van der Waals surface area contributed by atoms with Crippen LogP contribution in [-0.2, 0) is 17.6 Å². The van der Waals surface area contributed by atoms with Crippen molar-refractivity contribution in [3.8, 4) is 17.0 Å². The number of nitrogens with zero attached hydrogens (tertiary/aromatic N) is 3. The van der Waals surface area contributed by atoms with E-state index in [1.807, 2.05) is 36.2 Å². The maximum Gasteiger partial charge on any atom is 0.236 e. The zero-order valence-electron chi connectivity index (χ0n) is 16.1. The Kier molecular flexibility index (Phi) is 5.61. The number of amides is 1. The molecule has 0 unspecified atom stereocenters. The Morgan fingerprint density at radius 3 is 2.77 bits per heavy atom. The lowest BCUT2D eigenvalue weighted by molar-refractivity contribution is -0.132. The summed E-state index contributed by atoms with van der Waals surface area (Å²) in [5, 5.41) is 7.72. The molecule has 1 amide bonds. The zero-order chi connectivity index (χ0) is 18.7. The van der Waals surface area contributed by atoms with Gasteiger partial charge in [-0.05, 0) is 39.4 Å². The van der Waals surface area contributed by atoms with Gasteiger partial charge in [0.15, 0.2) is 0 Å². The Labute approximate surface area is 155 Å². The predicted molar refractivity (Wildman–Crippen MR) is 102 cm³/mol. The number of ether oxygens (including phenoxy) is 1. The van der Waals surface area contributed by atoms with Gasteiger partial charge in [-0.3, -0.25) is 14.8 Å². The van der Waals surface area contributed by atoms with Crippen molar-refractivity contribution in [2.45, 2.75) is 32.7 Å². The molecule has 26 heavy (non-hydrogen) atoms. The van der Waals surface area contributed by atoms with E-state index in [-0.39, 0.29) is 5.91 Å². The summed E-state index contributed by atoms with van der Waals surface area (Å²) in [6.07, 6.45) is 1.60. The van der Waals surface area contributed by atoms with Crippen LogP contribution in [0, 0.1) is 0 Å². The van der Waals surface area contributed by atoms with E-state index in [4.69, 9.17) is 4.74 Å². The number of carbonyl (C=O) groups excluding carboxylic acids is 1. The summed E-state index contributed by atoms with van der Waals surface area (Å²) in [5.74, 6) is 1.01. The van der Waals surface area contributed by atoms with Crippen LogP contribution in [-0.4, -0.2) is 65.7 Å². The molecule has 1 aliphatic heterocycles. The summed E-state index contributed by atoms with van der Waals surface area (Å²) in [5.41, 5.74) is 4.25. The summed E-state index contributed by atoms with van der Waals surface area (Å²) in [4.78, 5) is 16.7. The summed E-state index contributed by atoms with van der Waals surface area (Å²) >= 11 is 0. The lowest BCUT2D eigenvalue weighted by atomic mass is 10.0. The molecule has 6 nitrogen and oxygen atoms in total. The van der Waals surface area contributed by atoms with Crippen LogP contribution in [0.1, 0.15) is 25.1 Å². The molecule has 2 aromatic rings. The highest BCUT2D eigenvalue weighted by atomic mass is 16.5. The average Bonchev–Trinajstić information content (AvgIpc) is 2.92. The highest BCUT2D eigenvalue weighted by Crippen LogP contribution is 2.33. The molecule has 0 bridgehead atoms. The third-order valence-corrected chi connectivity index (χ3v) is 5.20. The van der Waals surface area contributed by atoms with Gasteiger partial charge >= 0.3 is 0 Å². The van der Waals surface area contributed by atoms with Crippen LogP contribution in [0.2, 0.25) is 0 Å². The number of benzene rings is 1. The van der Waals surface area contributed by atoms with Crippen molar-refractivity contribution in [1.82, 2.24) is 20.0 Å². The maximum absolute atomic E-state index is 12.6. The summed E-state index contributed by atoms with van der Waals surface area (Å²) in [7, 11) is 3.67. The number of aromatic nitrogens is 2. The Hall–Kier alpha value is -2.34. The molecule has 6 heteroatoms. The molecule has 2 heterocycles. The van der Waals surface area contributed by atoms with Gasteiger partial charge in [0.25, 0.3) is 0 Å². The van der Waals surface area contributed by atoms with E-state index in [1.54, 1.807) is 7.11 Å². The van der Waals surface area contributed by atoms with Crippen molar-refractivity contribution in [1.29, 1.82) is 0 Å². The van der Waals surface area contributed by atoms with Crippen molar-refractivity contribution in [3.63, 3.8) is 0 Å². The van der Waals surface area contributed by atoms with Crippen LogP contribution in [0.3, 0.4) is 0 Å². The molecule has 0 saturated carbocycles. The topological polar surface area (TPSA) is 61.5 Å². The number of hydrogen-bond donors (Lipinski definition) is 1. The number of H-pyrrole nitrogens is 1. The van der Waals surface area contributed by atoms with Crippen LogP contribution in [0.25, 0.3) is 11.3 Å². The van der Waals surface area contributed by atoms with Gasteiger partial charge in [0, 0.05) is 42.4 Å². The minimum Gasteiger partial charge on any atom is -0.496 e. The van der Waals surface area contributed by atoms with Crippen LogP contribution in [0.5, 0.6) is 5.75 Å². The minimum atomic E-state index is 0.193. The molecule has 0 atom stereocenters. The lowest BCUT2D eigenvalue weighted by Gasteiger charge is -2.26. The summed E-state index contributed by atoms with van der Waals surface area (Å²) < 4.78 is 5.49. The Balaban J connectivity index is 1.77. The summed E-state index contributed by atoms with van der Waals surface area (Å²) in [6.45, 7) is 6.12.